The van der Waals surface area contributed by atoms with E-state index in [1.807, 2.05) is 6.92 Å². The molecular formula is C13H22O4. The zero-order valence-electron chi connectivity index (χ0n) is 11.2. The fourth-order valence-electron chi connectivity index (χ4n) is 0.679. The third-order valence-electron chi connectivity index (χ3n) is 1.06. The van der Waals surface area contributed by atoms with Crippen LogP contribution in [0, 0.1) is 0 Å². The number of rotatable bonds is 4. The molecule has 0 unspecified atom stereocenters. The minimum absolute atomic E-state index is 0.187. The van der Waals surface area contributed by atoms with E-state index >= 15 is 0 Å². The molecule has 0 aromatic carbocycles. The van der Waals surface area contributed by atoms with Crippen LogP contribution in [-0.2, 0) is 19.1 Å². The van der Waals surface area contributed by atoms with Gasteiger partial charge in [-0.2, -0.15) is 0 Å². The SMILES string of the molecule is C=CC.CC(C)OC(=O)/C=C/C(=O)OC(C)C. The van der Waals surface area contributed by atoms with Crippen LogP contribution in [0.4, 0.5) is 0 Å². The fourth-order valence-corrected chi connectivity index (χ4v) is 0.679. The Morgan fingerprint density at radius 3 is 1.35 bits per heavy atom. The van der Waals surface area contributed by atoms with Gasteiger partial charge in [0.05, 0.1) is 12.2 Å². The molecular weight excluding hydrogens is 220 g/mol. The molecule has 0 heterocycles. The molecule has 98 valence electrons. The van der Waals surface area contributed by atoms with Gasteiger partial charge in [0.2, 0.25) is 0 Å². The minimum Gasteiger partial charge on any atom is -0.460 e. The predicted molar refractivity (Wildman–Crippen MR) is 67.5 cm³/mol. The molecule has 0 fully saturated rings. The van der Waals surface area contributed by atoms with E-state index in [9.17, 15) is 9.59 Å². The number of hydrogen-bond acceptors (Lipinski definition) is 4. The lowest BCUT2D eigenvalue weighted by molar-refractivity contribution is -0.144. The highest BCUT2D eigenvalue weighted by molar-refractivity contribution is 5.91. The van der Waals surface area contributed by atoms with E-state index in [2.05, 4.69) is 6.58 Å². The van der Waals surface area contributed by atoms with Crippen LogP contribution in [0.15, 0.2) is 24.8 Å². The summed E-state index contributed by atoms with van der Waals surface area (Å²) in [6, 6.07) is 0. The van der Waals surface area contributed by atoms with Gasteiger partial charge in [-0.15, -0.1) is 6.58 Å². The van der Waals surface area contributed by atoms with Gasteiger partial charge in [-0.3, -0.25) is 0 Å². The Morgan fingerprint density at radius 1 is 0.941 bits per heavy atom. The number of esters is 2. The first-order valence-electron chi connectivity index (χ1n) is 5.49. The second kappa shape index (κ2) is 10.9. The maximum Gasteiger partial charge on any atom is 0.331 e. The van der Waals surface area contributed by atoms with Crippen molar-refractivity contribution >= 4 is 11.9 Å². The van der Waals surface area contributed by atoms with Crippen molar-refractivity contribution in [1.29, 1.82) is 0 Å². The highest BCUT2D eigenvalue weighted by Crippen LogP contribution is 1.93. The maximum atomic E-state index is 10.9. The second-order valence-electron chi connectivity index (χ2n) is 3.71. The quantitative estimate of drug-likeness (QED) is 0.432. The average Bonchev–Trinajstić information content (AvgIpc) is 2.14. The molecule has 0 spiro atoms. The van der Waals surface area contributed by atoms with E-state index in [4.69, 9.17) is 9.47 Å². The second-order valence-corrected chi connectivity index (χ2v) is 3.71. The van der Waals surface area contributed by atoms with Crippen LogP contribution in [0.2, 0.25) is 0 Å². The van der Waals surface area contributed by atoms with Crippen LogP contribution in [-0.4, -0.2) is 24.1 Å². The molecule has 0 saturated carbocycles. The Labute approximate surface area is 103 Å². The summed E-state index contributed by atoms with van der Waals surface area (Å²) >= 11 is 0. The van der Waals surface area contributed by atoms with E-state index in [0.29, 0.717) is 0 Å². The van der Waals surface area contributed by atoms with Gasteiger partial charge < -0.3 is 9.47 Å². The first kappa shape index (κ1) is 17.8. The number of carbonyl (C=O) groups excluding carboxylic acids is 2. The first-order valence-corrected chi connectivity index (χ1v) is 5.49. The molecule has 0 aliphatic rings. The molecule has 0 aromatic rings. The number of hydrogen-bond donors (Lipinski definition) is 0. The molecule has 0 radical (unpaired) electrons. The molecule has 4 nitrogen and oxygen atoms in total. The number of carbonyl (C=O) groups is 2. The fraction of sp³-hybridized carbons (Fsp3) is 0.538. The van der Waals surface area contributed by atoms with Crippen LogP contribution in [0.5, 0.6) is 0 Å². The van der Waals surface area contributed by atoms with Gasteiger partial charge >= 0.3 is 11.9 Å². The highest BCUT2D eigenvalue weighted by Gasteiger charge is 2.03. The third kappa shape index (κ3) is 17.1. The summed E-state index contributed by atoms with van der Waals surface area (Å²) in [6.45, 7) is 12.2. The van der Waals surface area contributed by atoms with Crippen LogP contribution in [0.3, 0.4) is 0 Å². The van der Waals surface area contributed by atoms with Crippen molar-refractivity contribution in [2.45, 2.75) is 46.8 Å². The number of allylic oxidation sites excluding steroid dienone is 1. The monoisotopic (exact) mass is 242 g/mol. The maximum absolute atomic E-state index is 10.9. The smallest absolute Gasteiger partial charge is 0.331 e. The zero-order valence-corrected chi connectivity index (χ0v) is 11.2. The van der Waals surface area contributed by atoms with Gasteiger partial charge in [-0.25, -0.2) is 9.59 Å². The Hall–Kier alpha value is -1.58. The van der Waals surface area contributed by atoms with E-state index in [0.717, 1.165) is 12.2 Å². The Balaban J connectivity index is 0. The largest absolute Gasteiger partial charge is 0.460 e. The number of ether oxygens (including phenoxy) is 2. The summed E-state index contributed by atoms with van der Waals surface area (Å²) in [5.74, 6) is -1.08. The molecule has 0 bridgehead atoms. The van der Waals surface area contributed by atoms with E-state index in [1.165, 1.54) is 0 Å². The molecule has 17 heavy (non-hydrogen) atoms. The van der Waals surface area contributed by atoms with Crippen molar-refractivity contribution in [2.24, 2.45) is 0 Å². The summed E-state index contributed by atoms with van der Waals surface area (Å²) in [4.78, 5) is 21.9. The molecule has 0 aliphatic heterocycles. The molecule has 0 amide bonds. The van der Waals surface area contributed by atoms with Gasteiger partial charge in [0.15, 0.2) is 0 Å². The molecule has 0 atom stereocenters. The topological polar surface area (TPSA) is 52.6 Å². The lowest BCUT2D eigenvalue weighted by Crippen LogP contribution is -2.11. The Kier molecular flexibility index (Phi) is 11.4. The lowest BCUT2D eigenvalue weighted by atomic mass is 10.4. The van der Waals surface area contributed by atoms with Crippen molar-refractivity contribution in [1.82, 2.24) is 0 Å². The standard InChI is InChI=1S/C10H16O4.C3H6/c1-7(2)13-9(11)5-6-10(12)14-8(3)4;1-3-2/h5-8H,1-4H3;3H,1H2,2H3/b6-5+;. The zero-order chi connectivity index (χ0) is 13.8. The summed E-state index contributed by atoms with van der Waals surface area (Å²) in [7, 11) is 0. The molecule has 0 rings (SSSR count). The molecule has 0 saturated heterocycles. The lowest BCUT2D eigenvalue weighted by Gasteiger charge is -2.05. The van der Waals surface area contributed by atoms with Gasteiger partial charge in [0, 0.05) is 12.2 Å². The first-order chi connectivity index (χ1) is 7.83. The van der Waals surface area contributed by atoms with Gasteiger partial charge in [0.1, 0.15) is 0 Å². The van der Waals surface area contributed by atoms with Crippen molar-refractivity contribution in [3.63, 3.8) is 0 Å². The van der Waals surface area contributed by atoms with Crippen LogP contribution in [0.1, 0.15) is 34.6 Å². The molecule has 0 N–H and O–H groups in total. The van der Waals surface area contributed by atoms with Crippen LogP contribution < -0.4 is 0 Å². The summed E-state index contributed by atoms with van der Waals surface area (Å²) < 4.78 is 9.54. The van der Waals surface area contributed by atoms with E-state index in [-0.39, 0.29) is 12.2 Å². The summed E-state index contributed by atoms with van der Waals surface area (Å²) in [5, 5.41) is 0. The normalized spacial score (nSPS) is 9.82. The Morgan fingerprint density at radius 2 is 1.18 bits per heavy atom. The summed E-state index contributed by atoms with van der Waals surface area (Å²) in [5.41, 5.74) is 0. The minimum atomic E-state index is -0.541. The average molecular weight is 242 g/mol. The van der Waals surface area contributed by atoms with E-state index < -0.39 is 11.9 Å². The highest BCUT2D eigenvalue weighted by atomic mass is 16.5. The molecule has 4 heteroatoms. The van der Waals surface area contributed by atoms with Crippen LogP contribution >= 0.6 is 0 Å². The van der Waals surface area contributed by atoms with Crippen molar-refractivity contribution in [2.75, 3.05) is 0 Å². The van der Waals surface area contributed by atoms with Gasteiger partial charge in [-0.1, -0.05) is 6.08 Å². The van der Waals surface area contributed by atoms with Crippen molar-refractivity contribution in [3.05, 3.63) is 24.8 Å². The van der Waals surface area contributed by atoms with Crippen LogP contribution in [0.25, 0.3) is 0 Å². The third-order valence-corrected chi connectivity index (χ3v) is 1.06. The Bertz CT molecular complexity index is 241. The molecule has 0 aliphatic carbocycles. The van der Waals surface area contributed by atoms with Crippen molar-refractivity contribution in [3.8, 4) is 0 Å². The molecule has 0 aromatic heterocycles. The predicted octanol–water partition coefficient (Wildman–Crippen LogP) is 2.64. The summed E-state index contributed by atoms with van der Waals surface area (Å²) in [6.07, 6.45) is 3.50. The van der Waals surface area contributed by atoms with E-state index in [1.54, 1.807) is 33.8 Å². The van der Waals surface area contributed by atoms with Gasteiger partial charge in [0.25, 0.3) is 0 Å². The van der Waals surface area contributed by atoms with Crippen molar-refractivity contribution < 1.29 is 19.1 Å². The van der Waals surface area contributed by atoms with Gasteiger partial charge in [-0.05, 0) is 34.6 Å².